The molecule has 0 aliphatic heterocycles. The van der Waals surface area contributed by atoms with Gasteiger partial charge in [0.2, 0.25) is 5.43 Å². The normalized spacial score (nSPS) is 11.7. The Morgan fingerprint density at radius 1 is 1.08 bits per heavy atom. The molecule has 0 unspecified atom stereocenters. The maximum atomic E-state index is 13.1. The molecule has 0 atom stereocenters. The van der Waals surface area contributed by atoms with Crippen LogP contribution in [0.15, 0.2) is 57.7 Å². The summed E-state index contributed by atoms with van der Waals surface area (Å²) in [5.41, 5.74) is -0.430. The topological polar surface area (TPSA) is 59.7 Å². The Morgan fingerprint density at radius 3 is 2.62 bits per heavy atom. The molecule has 0 amide bonds. The van der Waals surface area contributed by atoms with Crippen molar-refractivity contribution in [1.82, 2.24) is 0 Å². The van der Waals surface area contributed by atoms with Crippen molar-refractivity contribution in [3.05, 3.63) is 58.8 Å². The summed E-state index contributed by atoms with van der Waals surface area (Å²) < 4.78 is 11.6. The molecule has 4 heteroatoms. The number of rotatable bonds is 2. The summed E-state index contributed by atoms with van der Waals surface area (Å²) in [4.78, 5) is 13.1. The van der Waals surface area contributed by atoms with Crippen molar-refractivity contribution in [3.63, 3.8) is 0 Å². The highest BCUT2D eigenvalue weighted by molar-refractivity contribution is 6.08. The van der Waals surface area contributed by atoms with Crippen LogP contribution in [-0.4, -0.2) is 10.7 Å². The van der Waals surface area contributed by atoms with Gasteiger partial charge in [0.15, 0.2) is 5.60 Å². The average Bonchev–Trinajstić information content (AvgIpc) is 2.60. The Balaban J connectivity index is 2.06. The molecule has 1 heterocycles. The fraction of sp³-hybridized carbons (Fsp3) is 0.136. The molecule has 1 N–H and O–H groups in total. The first-order chi connectivity index (χ1) is 12.4. The molecule has 0 saturated carbocycles. The van der Waals surface area contributed by atoms with E-state index < -0.39 is 5.60 Å². The van der Waals surface area contributed by atoms with Crippen molar-refractivity contribution in [2.45, 2.75) is 19.4 Å². The molecule has 0 spiro atoms. The highest BCUT2D eigenvalue weighted by atomic mass is 16.5. The molecule has 0 aliphatic carbocycles. The lowest BCUT2D eigenvalue weighted by atomic mass is 10.0. The first-order valence-corrected chi connectivity index (χ1v) is 8.18. The first kappa shape index (κ1) is 16.0. The van der Waals surface area contributed by atoms with Crippen molar-refractivity contribution in [3.8, 4) is 23.8 Å². The smallest absolute Gasteiger partial charge is 0.204 e. The van der Waals surface area contributed by atoms with Crippen LogP contribution in [0.1, 0.15) is 13.8 Å². The van der Waals surface area contributed by atoms with Gasteiger partial charge in [0, 0.05) is 12.1 Å². The van der Waals surface area contributed by atoms with Crippen LogP contribution in [0.2, 0.25) is 0 Å². The van der Waals surface area contributed by atoms with Crippen molar-refractivity contribution in [2.75, 3.05) is 0 Å². The largest absolute Gasteiger partial charge is 0.507 e. The van der Waals surface area contributed by atoms with E-state index >= 15 is 0 Å². The highest BCUT2D eigenvalue weighted by Gasteiger charge is 2.19. The lowest BCUT2D eigenvalue weighted by molar-refractivity contribution is 0.172. The van der Waals surface area contributed by atoms with E-state index in [4.69, 9.17) is 15.6 Å². The average molecular weight is 344 g/mol. The molecule has 0 bridgehead atoms. The Bertz CT molecular complexity index is 1270. The van der Waals surface area contributed by atoms with E-state index in [1.807, 2.05) is 30.3 Å². The van der Waals surface area contributed by atoms with Gasteiger partial charge in [-0.25, -0.2) is 0 Å². The molecular weight excluding hydrogens is 328 g/mol. The summed E-state index contributed by atoms with van der Waals surface area (Å²) in [6.45, 7) is 3.47. The molecule has 3 aromatic carbocycles. The van der Waals surface area contributed by atoms with E-state index in [9.17, 15) is 9.90 Å². The van der Waals surface area contributed by atoms with Crippen molar-refractivity contribution in [1.29, 1.82) is 0 Å². The summed E-state index contributed by atoms with van der Waals surface area (Å²) >= 11 is 0. The van der Waals surface area contributed by atoms with Gasteiger partial charge in [0.1, 0.15) is 28.1 Å². The van der Waals surface area contributed by atoms with Crippen LogP contribution in [0.4, 0.5) is 0 Å². The summed E-state index contributed by atoms with van der Waals surface area (Å²) in [5, 5.41) is 12.7. The standard InChI is InChI=1S/C22H16O4/c1-4-22(2,3)26-14-11-16(23)20-18(12-14)25-17-10-9-13-7-5-6-8-15(13)19(17)21(20)24/h1,5-12,23H,2-3H3. The summed E-state index contributed by atoms with van der Waals surface area (Å²) in [7, 11) is 0. The van der Waals surface area contributed by atoms with Crippen LogP contribution in [0.25, 0.3) is 32.7 Å². The molecule has 26 heavy (non-hydrogen) atoms. The van der Waals surface area contributed by atoms with E-state index in [-0.39, 0.29) is 22.1 Å². The van der Waals surface area contributed by atoms with Gasteiger partial charge < -0.3 is 14.3 Å². The van der Waals surface area contributed by atoms with Gasteiger partial charge in [0.05, 0.1) is 5.39 Å². The number of fused-ring (bicyclic) bond motifs is 4. The van der Waals surface area contributed by atoms with Gasteiger partial charge in [-0.1, -0.05) is 36.3 Å². The van der Waals surface area contributed by atoms with Gasteiger partial charge in [-0.15, -0.1) is 6.42 Å². The second kappa shape index (κ2) is 5.53. The third-order valence-corrected chi connectivity index (χ3v) is 4.34. The van der Waals surface area contributed by atoms with E-state index in [0.29, 0.717) is 16.7 Å². The van der Waals surface area contributed by atoms with Crippen LogP contribution >= 0.6 is 0 Å². The Labute approximate surface area is 149 Å². The molecule has 0 saturated heterocycles. The maximum absolute atomic E-state index is 13.1. The predicted molar refractivity (Wildman–Crippen MR) is 103 cm³/mol. The molecular formula is C22H16O4. The maximum Gasteiger partial charge on any atom is 0.204 e. The Hall–Kier alpha value is -3.45. The highest BCUT2D eigenvalue weighted by Crippen LogP contribution is 2.33. The zero-order valence-corrected chi connectivity index (χ0v) is 14.4. The zero-order valence-electron chi connectivity index (χ0n) is 14.4. The molecule has 4 aromatic rings. The number of hydrogen-bond donors (Lipinski definition) is 1. The molecule has 4 rings (SSSR count). The van der Waals surface area contributed by atoms with Crippen molar-refractivity contribution >= 4 is 32.7 Å². The van der Waals surface area contributed by atoms with Crippen molar-refractivity contribution < 1.29 is 14.3 Å². The van der Waals surface area contributed by atoms with Crippen LogP contribution in [-0.2, 0) is 0 Å². The number of ether oxygens (including phenoxy) is 1. The minimum absolute atomic E-state index is 0.125. The fourth-order valence-electron chi connectivity index (χ4n) is 3.08. The first-order valence-electron chi connectivity index (χ1n) is 8.18. The van der Waals surface area contributed by atoms with Crippen LogP contribution in [0.5, 0.6) is 11.5 Å². The molecule has 4 nitrogen and oxygen atoms in total. The molecule has 1 aromatic heterocycles. The van der Waals surface area contributed by atoms with Crippen molar-refractivity contribution in [2.24, 2.45) is 0 Å². The number of hydrogen-bond acceptors (Lipinski definition) is 4. The molecule has 0 fully saturated rings. The summed E-state index contributed by atoms with van der Waals surface area (Å²) in [6.07, 6.45) is 5.45. The monoisotopic (exact) mass is 344 g/mol. The third kappa shape index (κ3) is 2.46. The number of aromatic hydroxyl groups is 1. The summed E-state index contributed by atoms with van der Waals surface area (Å²) in [5.74, 6) is 2.66. The lowest BCUT2D eigenvalue weighted by Gasteiger charge is -2.20. The minimum Gasteiger partial charge on any atom is -0.507 e. The SMILES string of the molecule is C#CC(C)(C)Oc1cc(O)c2c(=O)c3c(ccc4ccccc43)oc2c1. The quantitative estimate of drug-likeness (QED) is 0.328. The van der Waals surface area contributed by atoms with Crippen LogP contribution in [0.3, 0.4) is 0 Å². The van der Waals surface area contributed by atoms with Gasteiger partial charge in [-0.3, -0.25) is 4.79 Å². The third-order valence-electron chi connectivity index (χ3n) is 4.34. The van der Waals surface area contributed by atoms with Gasteiger partial charge in [0.25, 0.3) is 0 Å². The van der Waals surface area contributed by atoms with E-state index in [0.717, 1.165) is 10.8 Å². The Morgan fingerprint density at radius 2 is 1.85 bits per heavy atom. The van der Waals surface area contributed by atoms with Crippen LogP contribution < -0.4 is 10.2 Å². The number of phenols is 1. The van der Waals surface area contributed by atoms with E-state index in [2.05, 4.69) is 5.92 Å². The van der Waals surface area contributed by atoms with E-state index in [1.54, 1.807) is 26.0 Å². The predicted octanol–water partition coefficient (Wildman–Crippen LogP) is 4.60. The second-order valence-electron chi connectivity index (χ2n) is 6.66. The molecule has 0 radical (unpaired) electrons. The summed E-state index contributed by atoms with van der Waals surface area (Å²) in [6, 6.07) is 14.2. The molecule has 128 valence electrons. The number of phenolic OH excluding ortho intramolecular Hbond substituents is 1. The number of terminal acetylenes is 1. The van der Waals surface area contributed by atoms with Gasteiger partial charge in [-0.2, -0.15) is 0 Å². The second-order valence-corrected chi connectivity index (χ2v) is 6.66. The zero-order chi connectivity index (χ0) is 18.5. The molecule has 0 aliphatic rings. The lowest BCUT2D eigenvalue weighted by Crippen LogP contribution is -2.25. The van der Waals surface area contributed by atoms with E-state index in [1.165, 1.54) is 6.07 Å². The fourth-order valence-corrected chi connectivity index (χ4v) is 3.08. The minimum atomic E-state index is -0.854. The number of benzene rings is 3. The van der Waals surface area contributed by atoms with Gasteiger partial charge >= 0.3 is 0 Å². The van der Waals surface area contributed by atoms with Gasteiger partial charge in [-0.05, 0) is 30.7 Å². The Kier molecular flexibility index (Phi) is 3.41. The van der Waals surface area contributed by atoms with Crippen LogP contribution in [0, 0.1) is 12.3 Å².